The summed E-state index contributed by atoms with van der Waals surface area (Å²) >= 11 is 0. The van der Waals surface area contributed by atoms with Crippen molar-refractivity contribution >= 4 is 47.7 Å². The second-order valence-corrected chi connectivity index (χ2v) is 16.9. The van der Waals surface area contributed by atoms with Crippen LogP contribution in [0.15, 0.2) is 33.7 Å². The monoisotopic (exact) mass is 1110 g/mol. The predicted octanol–water partition coefficient (Wildman–Crippen LogP) is -5.36. The second kappa shape index (κ2) is 37.2. The number of amides is 3. The van der Waals surface area contributed by atoms with Crippen molar-refractivity contribution in [2.24, 2.45) is 38.8 Å². The molecule has 77 heavy (non-hydrogen) atoms. The van der Waals surface area contributed by atoms with Crippen molar-refractivity contribution in [3.8, 4) is 12.3 Å². The fourth-order valence-corrected chi connectivity index (χ4v) is 7.32. The van der Waals surface area contributed by atoms with Gasteiger partial charge in [-0.15, -0.1) is 6.42 Å². The van der Waals surface area contributed by atoms with Gasteiger partial charge in [0.15, 0.2) is 18.0 Å². The lowest BCUT2D eigenvalue weighted by molar-refractivity contribution is -0.157. The van der Waals surface area contributed by atoms with E-state index in [0.717, 1.165) is 13.0 Å². The number of carboxylic acids is 2. The number of nitrogens with one attached hydrogen (secondary N) is 3. The number of aliphatic hydroxyl groups is 4. The molecule has 1 unspecified atom stereocenters. The first-order valence-corrected chi connectivity index (χ1v) is 24.3. The summed E-state index contributed by atoms with van der Waals surface area (Å²) in [5.74, 6) is -5.03. The second-order valence-electron chi connectivity index (χ2n) is 16.9. The molecule has 17 N–H and O–H groups in total. The summed E-state index contributed by atoms with van der Waals surface area (Å²) in [4.78, 5) is 82.5. The summed E-state index contributed by atoms with van der Waals surface area (Å²) in [7, 11) is 0. The van der Waals surface area contributed by atoms with Gasteiger partial charge in [-0.1, -0.05) is 12.8 Å². The van der Waals surface area contributed by atoms with Gasteiger partial charge in [0.25, 0.3) is 0 Å². The van der Waals surface area contributed by atoms with Crippen LogP contribution in [0, 0.1) is 18.3 Å². The van der Waals surface area contributed by atoms with E-state index in [0.29, 0.717) is 26.4 Å². The number of ether oxygens (including phenoxy) is 10. The molecule has 11 atom stereocenters. The van der Waals surface area contributed by atoms with Crippen molar-refractivity contribution in [1.29, 1.82) is 0 Å². The molecule has 0 saturated carbocycles. The Morgan fingerprint density at radius 1 is 0.727 bits per heavy atom. The van der Waals surface area contributed by atoms with Crippen LogP contribution < -0.4 is 38.9 Å². The lowest BCUT2D eigenvalue weighted by Crippen LogP contribution is -2.60. The Labute approximate surface area is 443 Å². The molecule has 3 amide bonds. The molecule has 0 saturated heterocycles. The Morgan fingerprint density at radius 3 is 1.82 bits per heavy atom. The first-order chi connectivity index (χ1) is 36.7. The van der Waals surface area contributed by atoms with Gasteiger partial charge in [-0.05, 0) is 18.6 Å². The minimum absolute atomic E-state index is 0.00808. The Hall–Kier alpha value is -6.60. The number of nitrogens with two attached hydrogens (primary N) is 4. The third-order valence-corrected chi connectivity index (χ3v) is 10.9. The highest BCUT2D eigenvalue weighted by Gasteiger charge is 2.45. The number of nitrogens with zero attached hydrogens (tertiary/aromatic N) is 2. The number of rotatable bonds is 39. The number of aliphatic imine (C=N–C) groups is 2. The third-order valence-electron chi connectivity index (χ3n) is 10.9. The number of aliphatic carboxylic acids is 2. The number of guanidine groups is 2. The van der Waals surface area contributed by atoms with Crippen molar-refractivity contribution in [2.45, 2.75) is 100 Å². The maximum atomic E-state index is 13.0. The van der Waals surface area contributed by atoms with Gasteiger partial charge in [0, 0.05) is 45.3 Å². The number of carbonyl (C=O) groups excluding carboxylic acids is 4. The van der Waals surface area contributed by atoms with E-state index in [9.17, 15) is 59.4 Å². The van der Waals surface area contributed by atoms with Crippen LogP contribution in [0.4, 0.5) is 4.79 Å². The number of terminal acetylenes is 1. The van der Waals surface area contributed by atoms with E-state index in [1.54, 1.807) is 6.92 Å². The van der Waals surface area contributed by atoms with Crippen LogP contribution in [-0.2, 0) is 71.3 Å². The summed E-state index contributed by atoms with van der Waals surface area (Å²) in [6.07, 6.45) is -2.72. The van der Waals surface area contributed by atoms with Gasteiger partial charge in [0.2, 0.25) is 23.3 Å². The van der Waals surface area contributed by atoms with Gasteiger partial charge in [-0.3, -0.25) is 14.4 Å². The van der Waals surface area contributed by atoms with E-state index in [1.165, 1.54) is 6.08 Å². The number of hydrogen-bond donors (Lipinski definition) is 13. The number of esters is 1. The zero-order chi connectivity index (χ0) is 57.3. The first kappa shape index (κ1) is 66.5. The van der Waals surface area contributed by atoms with Gasteiger partial charge in [0.05, 0.1) is 96.8 Å². The van der Waals surface area contributed by atoms with Crippen LogP contribution in [0.5, 0.6) is 0 Å². The molecule has 2 aliphatic heterocycles. The number of hydrogen-bond acceptors (Lipinski definition) is 22. The molecule has 0 spiro atoms. The fourth-order valence-electron chi connectivity index (χ4n) is 7.32. The molecule has 31 nitrogen and oxygen atoms in total. The summed E-state index contributed by atoms with van der Waals surface area (Å²) < 4.78 is 54.8. The van der Waals surface area contributed by atoms with Crippen molar-refractivity contribution < 1.29 is 107 Å². The molecule has 0 aromatic carbocycles. The highest BCUT2D eigenvalue weighted by Crippen LogP contribution is 2.31. The molecular weight excluding hydrogens is 1030 g/mol. The van der Waals surface area contributed by atoms with Crippen molar-refractivity contribution in [1.82, 2.24) is 16.0 Å². The average Bonchev–Trinajstić information content (AvgIpc) is 3.37. The van der Waals surface area contributed by atoms with Gasteiger partial charge in [0.1, 0.15) is 43.7 Å². The molecule has 31 heteroatoms. The Kier molecular flexibility index (Phi) is 32.2. The maximum Gasteiger partial charge on any atom is 0.407 e. The van der Waals surface area contributed by atoms with E-state index < -0.39 is 146 Å². The largest absolute Gasteiger partial charge is 0.480 e. The third kappa shape index (κ3) is 26.3. The van der Waals surface area contributed by atoms with Crippen LogP contribution in [-0.4, -0.2) is 238 Å². The van der Waals surface area contributed by atoms with E-state index in [2.05, 4.69) is 31.9 Å². The van der Waals surface area contributed by atoms with Crippen LogP contribution >= 0.6 is 0 Å². The predicted molar refractivity (Wildman–Crippen MR) is 266 cm³/mol. The zero-order valence-corrected chi connectivity index (χ0v) is 42.9. The standard InChI is InChI=1S/C46H75N9O22/c1-4-10-68-15-17-70-19-20-71-18-16-69-12-8-35(61)53-28(7-13-72-36(62)6-5-11-73-39(31(59)23-56)38-26(2)29(54-44(47)48)21-33(76-38)42(63)64)25-75-46(67)51-9-14-74-40(32(60)24-57)41-37(52-27(3)58)30(55-45(49)50)22-34(77-41)43(65)66/h1,21-22,26,28-32,37-41,56-57,59-60H,5-20,23-25H2,2-3H3,(H,51,67)(H,52,58)(H,53,61)(H,63,64)(H,65,66)(H4,47,48,54)(H4,49,50,55)/t26-,28+,29+,30+,31-,32-,37-,38-,39-,40?,41-/m1/s1. The highest BCUT2D eigenvalue weighted by atomic mass is 16.6. The van der Waals surface area contributed by atoms with Gasteiger partial charge < -0.3 is 117 Å². The van der Waals surface area contributed by atoms with Crippen LogP contribution in [0.3, 0.4) is 0 Å². The molecule has 0 aliphatic carbocycles. The number of aliphatic hydroxyl groups excluding tert-OH is 4. The SMILES string of the molecule is C#CCOCCOCCOCCOCCC(=O)N[C@@H](CCOC(=O)CCCO[C@@H]([C@@H]1OC(C(=O)O)=C[C@H](N=C(N)N)[C@H]1C)[C@H](O)CO)COC(=O)NCCOC([C@H](O)CO)[C@@H]1OC(C(=O)O)=C[C@H](N=C(N)N)[C@H]1NC(C)=O. The average molecular weight is 1110 g/mol. The van der Waals surface area contributed by atoms with Crippen molar-refractivity contribution in [2.75, 3.05) is 99.0 Å². The molecule has 0 fully saturated rings. The smallest absolute Gasteiger partial charge is 0.407 e. The summed E-state index contributed by atoms with van der Waals surface area (Å²) in [6.45, 7) is 1.37. The molecule has 0 aromatic heterocycles. The lowest BCUT2D eigenvalue weighted by Gasteiger charge is -2.40. The molecular formula is C46H75N9O22. The zero-order valence-electron chi connectivity index (χ0n) is 42.9. The van der Waals surface area contributed by atoms with Gasteiger partial charge in [-0.2, -0.15) is 0 Å². The Bertz CT molecular complexity index is 2020. The fraction of sp³-hybridized carbons (Fsp3) is 0.696. The number of carbonyl (C=O) groups is 6. The van der Waals surface area contributed by atoms with Crippen molar-refractivity contribution in [3.05, 3.63) is 23.7 Å². The van der Waals surface area contributed by atoms with E-state index in [4.69, 9.17) is 76.7 Å². The molecule has 0 radical (unpaired) electrons. The summed E-state index contributed by atoms with van der Waals surface area (Å²) in [5, 5.41) is 67.9. The highest BCUT2D eigenvalue weighted by molar-refractivity contribution is 5.86. The number of carboxylic acid groups (broad SMARTS) is 2. The van der Waals surface area contributed by atoms with E-state index in [1.807, 2.05) is 0 Å². The maximum absolute atomic E-state index is 13.0. The quantitative estimate of drug-likeness (QED) is 0.00898. The first-order valence-electron chi connectivity index (χ1n) is 24.3. The summed E-state index contributed by atoms with van der Waals surface area (Å²) in [5.41, 5.74) is 22.1. The van der Waals surface area contributed by atoms with Crippen LogP contribution in [0.1, 0.15) is 39.5 Å². The van der Waals surface area contributed by atoms with E-state index >= 15 is 0 Å². The normalized spacial score (nSPS) is 20.8. The Balaban J connectivity index is 2.02. The molecule has 436 valence electrons. The van der Waals surface area contributed by atoms with Crippen LogP contribution in [0.2, 0.25) is 0 Å². The Morgan fingerprint density at radius 2 is 1.26 bits per heavy atom. The van der Waals surface area contributed by atoms with E-state index in [-0.39, 0.29) is 77.8 Å². The van der Waals surface area contributed by atoms with Gasteiger partial charge in [-0.25, -0.2) is 24.4 Å². The molecule has 2 heterocycles. The molecule has 0 bridgehead atoms. The van der Waals surface area contributed by atoms with Gasteiger partial charge >= 0.3 is 24.0 Å². The minimum Gasteiger partial charge on any atom is -0.480 e. The lowest BCUT2D eigenvalue weighted by atomic mass is 9.87. The molecule has 0 aromatic rings. The summed E-state index contributed by atoms with van der Waals surface area (Å²) in [6, 6.07) is -4.21. The van der Waals surface area contributed by atoms with Crippen LogP contribution in [0.25, 0.3) is 0 Å². The molecule has 2 aliphatic rings. The molecule has 2 rings (SSSR count). The topological polar surface area (TPSA) is 481 Å². The van der Waals surface area contributed by atoms with Crippen molar-refractivity contribution in [3.63, 3.8) is 0 Å². The minimum atomic E-state index is -1.72. The number of alkyl carbamates (subject to hydrolysis) is 1.